The fourth-order valence-corrected chi connectivity index (χ4v) is 9.52. The Hall–Kier alpha value is -5.63. The predicted octanol–water partition coefficient (Wildman–Crippen LogP) is 15.6. The Kier molecular flexibility index (Phi) is 18.4. The Morgan fingerprint density at radius 1 is 0.537 bits per heavy atom. The van der Waals surface area contributed by atoms with Crippen LogP contribution in [-0.2, 0) is 72.2 Å². The van der Waals surface area contributed by atoms with E-state index in [1.807, 2.05) is 0 Å². The van der Waals surface area contributed by atoms with Gasteiger partial charge >= 0.3 is 49.0 Å². The number of aliphatic hydroxyl groups is 1. The number of esters is 2. The van der Waals surface area contributed by atoms with E-state index in [1.54, 1.807) is 41.5 Å². The Morgan fingerprint density at radius 3 is 1.26 bits per heavy atom. The van der Waals surface area contributed by atoms with Crippen LogP contribution in [0.3, 0.4) is 0 Å². The first kappa shape index (κ1) is 65.2. The van der Waals surface area contributed by atoms with Crippen molar-refractivity contribution in [1.29, 1.82) is 0 Å². The molecule has 0 aromatic heterocycles. The summed E-state index contributed by atoms with van der Waals surface area (Å²) in [4.78, 5) is 38.7. The quantitative estimate of drug-likeness (QED) is 0.125. The van der Waals surface area contributed by atoms with Gasteiger partial charge in [-0.1, -0.05) is 35.3 Å². The average Bonchev–Trinajstić information content (AvgIpc) is 3.83. The average molecular weight is 1210 g/mol. The first-order chi connectivity index (χ1) is 36.1. The molecule has 28 heteroatoms. The molecule has 0 radical (unpaired) electrons. The zero-order valence-corrected chi connectivity index (χ0v) is 44.1. The van der Waals surface area contributed by atoms with E-state index in [9.17, 15) is 98.5 Å². The number of hydrogen-bond donors (Lipinski definition) is 1. The van der Waals surface area contributed by atoms with Crippen LogP contribution in [-0.4, -0.2) is 65.8 Å². The van der Waals surface area contributed by atoms with Crippen molar-refractivity contribution < 1.29 is 108 Å². The van der Waals surface area contributed by atoms with E-state index >= 15 is 0 Å². The number of carbonyl (C=O) groups excluding carboxylic acids is 3. The van der Waals surface area contributed by atoms with Crippen LogP contribution in [0.2, 0.25) is 10.0 Å². The fourth-order valence-electron chi connectivity index (χ4n) is 8.99. The van der Waals surface area contributed by atoms with Gasteiger partial charge in [-0.15, -0.1) is 0 Å². The van der Waals surface area contributed by atoms with Gasteiger partial charge in [-0.05, 0) is 150 Å². The predicted molar refractivity (Wildman–Crippen MR) is 255 cm³/mol. The van der Waals surface area contributed by atoms with E-state index in [-0.39, 0.29) is 83.5 Å². The number of ether oxygens (including phenoxy) is 2. The molecule has 8 nitrogen and oxygen atoms in total. The number of aryl methyl sites for hydroxylation is 2. The minimum Gasteiger partial charge on any atom is -0.460 e. The molecular formula is C52H48Cl2F18N2O6. The van der Waals surface area contributed by atoms with Crippen LogP contribution in [0, 0.1) is 0 Å². The molecule has 2 heterocycles. The molecule has 2 aliphatic heterocycles. The van der Waals surface area contributed by atoms with E-state index in [2.05, 4.69) is 0 Å². The summed E-state index contributed by atoms with van der Waals surface area (Å²) in [5.74, 6) is -2.79. The molecule has 0 saturated carbocycles. The summed E-state index contributed by atoms with van der Waals surface area (Å²) in [6.07, 6.45) is -37.2. The van der Waals surface area contributed by atoms with Crippen LogP contribution >= 0.6 is 23.2 Å². The van der Waals surface area contributed by atoms with Gasteiger partial charge in [0.05, 0.1) is 22.3 Å². The van der Waals surface area contributed by atoms with Crippen molar-refractivity contribution in [2.24, 2.45) is 0 Å². The third kappa shape index (κ3) is 14.7. The minimum atomic E-state index is -5.54. The fraction of sp³-hybridized carbons (Fsp3) is 0.481. The van der Waals surface area contributed by atoms with Crippen molar-refractivity contribution in [3.63, 3.8) is 0 Å². The summed E-state index contributed by atoms with van der Waals surface area (Å²) in [5, 5.41) is 10.9. The summed E-state index contributed by atoms with van der Waals surface area (Å²) in [7, 11) is 0. The lowest BCUT2D eigenvalue weighted by Gasteiger charge is -2.38. The number of hydrogen-bond acceptors (Lipinski definition) is 7. The number of halogens is 20. The number of nitrogens with zero attached hydrogens (tertiary/aromatic N) is 2. The maximum atomic E-state index is 14.5. The van der Waals surface area contributed by atoms with E-state index in [0.717, 1.165) is 11.0 Å². The first-order valence-electron chi connectivity index (χ1n) is 23.6. The normalized spacial score (nSPS) is 19.7. The van der Waals surface area contributed by atoms with Gasteiger partial charge in [-0.2, -0.15) is 79.0 Å². The van der Waals surface area contributed by atoms with E-state index in [4.69, 9.17) is 32.7 Å². The molecule has 1 amide bonds. The number of benzene rings is 4. The molecule has 2 fully saturated rings. The Labute approximate surface area is 454 Å². The van der Waals surface area contributed by atoms with Gasteiger partial charge in [-0.3, -0.25) is 14.4 Å². The molecule has 0 bridgehead atoms. The Bertz CT molecular complexity index is 2880. The van der Waals surface area contributed by atoms with Crippen molar-refractivity contribution in [1.82, 2.24) is 0 Å². The van der Waals surface area contributed by atoms with Crippen LogP contribution in [0.1, 0.15) is 112 Å². The topological polar surface area (TPSA) is 96.4 Å². The molecule has 0 aliphatic carbocycles. The van der Waals surface area contributed by atoms with Gasteiger partial charge in [0.25, 0.3) is 0 Å². The van der Waals surface area contributed by atoms with Crippen molar-refractivity contribution >= 4 is 52.4 Å². The highest BCUT2D eigenvalue weighted by atomic mass is 35.5. The van der Waals surface area contributed by atoms with Crippen molar-refractivity contribution in [3.8, 4) is 0 Å². The summed E-state index contributed by atoms with van der Waals surface area (Å²) < 4.78 is 258. The van der Waals surface area contributed by atoms with E-state index in [1.165, 1.54) is 30.3 Å². The standard InChI is InChI=1S/C26H25ClF9NO3.C26H23ClF9NO3/c2*1-22(2,3)40-20(38)7-5-14-4-6-18(13-19(14)27)37-9-8-23(21(37)39,26(34,35)36)15-10-16(24(28,29)30)12-17(11-15)25(31,32)33/h4,6,10-13,21,39H,5,7-9H2,1-3H3;4,6,10-13H,5,7-9H2,1-3H3. The summed E-state index contributed by atoms with van der Waals surface area (Å²) >= 11 is 12.5. The molecule has 1 N–H and O–H groups in total. The van der Waals surface area contributed by atoms with Gasteiger partial charge in [0.2, 0.25) is 5.91 Å². The molecule has 442 valence electrons. The number of carbonyl (C=O) groups is 3. The second kappa shape index (κ2) is 22.6. The van der Waals surface area contributed by atoms with Gasteiger partial charge in [0, 0.05) is 47.4 Å². The Balaban J connectivity index is 0.000000294. The molecule has 80 heavy (non-hydrogen) atoms. The van der Waals surface area contributed by atoms with Gasteiger partial charge < -0.3 is 24.4 Å². The highest BCUT2D eigenvalue weighted by Crippen LogP contribution is 2.55. The monoisotopic (exact) mass is 1210 g/mol. The third-order valence-electron chi connectivity index (χ3n) is 12.7. The number of alkyl halides is 18. The van der Waals surface area contributed by atoms with Gasteiger partial charge in [0.1, 0.15) is 22.8 Å². The summed E-state index contributed by atoms with van der Waals surface area (Å²) in [5.41, 5.74) is -18.6. The second-order valence-electron chi connectivity index (χ2n) is 20.7. The molecule has 4 aromatic carbocycles. The van der Waals surface area contributed by atoms with Crippen LogP contribution in [0.5, 0.6) is 0 Å². The van der Waals surface area contributed by atoms with Gasteiger partial charge in [-0.25, -0.2) is 0 Å². The smallest absolute Gasteiger partial charge is 0.416 e. The second-order valence-corrected chi connectivity index (χ2v) is 21.5. The zero-order chi connectivity index (χ0) is 60.9. The minimum absolute atomic E-state index is 0.0117. The molecule has 2 aliphatic rings. The van der Waals surface area contributed by atoms with Crippen molar-refractivity contribution in [2.45, 2.75) is 145 Å². The largest absolute Gasteiger partial charge is 0.460 e. The van der Waals surface area contributed by atoms with Crippen LogP contribution in [0.4, 0.5) is 90.4 Å². The van der Waals surface area contributed by atoms with Crippen LogP contribution < -0.4 is 9.80 Å². The lowest BCUT2D eigenvalue weighted by atomic mass is 9.76. The lowest BCUT2D eigenvalue weighted by molar-refractivity contribution is -0.211. The molecule has 3 unspecified atom stereocenters. The maximum absolute atomic E-state index is 14.5. The van der Waals surface area contributed by atoms with Crippen LogP contribution in [0.15, 0.2) is 72.8 Å². The number of anilines is 2. The SMILES string of the molecule is CC(C)(C)OC(=O)CCc1ccc(N2CCC(c3cc(C(F)(F)F)cc(C(F)(F)F)c3)(C(F)(F)F)C2=O)cc1Cl.CC(C)(C)OC(=O)CCc1ccc(N2CCC(c3cc(C(F)(F)F)cc(C(F)(F)F)c3)(C(F)(F)F)C2O)cc1Cl. The first-order valence-corrected chi connectivity index (χ1v) is 24.4. The van der Waals surface area contributed by atoms with Crippen LogP contribution in [0.25, 0.3) is 0 Å². The Morgan fingerprint density at radius 2 is 0.912 bits per heavy atom. The number of rotatable bonds is 10. The maximum Gasteiger partial charge on any atom is 0.416 e. The number of aliphatic hydroxyl groups excluding tert-OH is 1. The highest BCUT2D eigenvalue weighted by Gasteiger charge is 2.67. The van der Waals surface area contributed by atoms with Crippen molar-refractivity contribution in [2.75, 3.05) is 22.9 Å². The van der Waals surface area contributed by atoms with Crippen molar-refractivity contribution in [3.05, 3.63) is 127 Å². The lowest BCUT2D eigenvalue weighted by Crippen LogP contribution is -2.52. The molecule has 4 aromatic rings. The molecule has 2 saturated heterocycles. The third-order valence-corrected chi connectivity index (χ3v) is 13.4. The van der Waals surface area contributed by atoms with Gasteiger partial charge in [0.15, 0.2) is 5.41 Å². The number of amides is 1. The highest BCUT2D eigenvalue weighted by molar-refractivity contribution is 6.32. The molecule has 3 atom stereocenters. The molecular weight excluding hydrogens is 1160 g/mol. The molecule has 0 spiro atoms. The zero-order valence-electron chi connectivity index (χ0n) is 42.6. The van der Waals surface area contributed by atoms with E-state index in [0.29, 0.717) is 16.0 Å². The summed E-state index contributed by atoms with van der Waals surface area (Å²) in [6, 6.07) is 6.87. The summed E-state index contributed by atoms with van der Waals surface area (Å²) in [6.45, 7) is 8.82. The molecule has 6 rings (SSSR count). The van der Waals surface area contributed by atoms with E-state index < -0.39 is 142 Å².